The molecular formula is C15H21N7S. The molecule has 0 amide bonds. The van der Waals surface area contributed by atoms with Crippen LogP contribution >= 0.6 is 11.3 Å². The van der Waals surface area contributed by atoms with Gasteiger partial charge in [0, 0.05) is 45.1 Å². The van der Waals surface area contributed by atoms with Crippen molar-refractivity contribution in [3.05, 3.63) is 30.1 Å². The predicted octanol–water partition coefficient (Wildman–Crippen LogP) is 1.54. The number of anilines is 1. The molecule has 0 spiro atoms. The van der Waals surface area contributed by atoms with E-state index in [1.807, 2.05) is 30.0 Å². The van der Waals surface area contributed by atoms with Gasteiger partial charge in [-0.15, -0.1) is 5.10 Å². The summed E-state index contributed by atoms with van der Waals surface area (Å²) in [5.41, 5.74) is 1.02. The number of hydrogen-bond acceptors (Lipinski definition) is 6. The summed E-state index contributed by atoms with van der Waals surface area (Å²) in [5.74, 6) is 1.12. The first kappa shape index (κ1) is 14.6. The smallest absolute Gasteiger partial charge is 0.214 e. The van der Waals surface area contributed by atoms with Gasteiger partial charge in [-0.25, -0.2) is 14.5 Å². The highest BCUT2D eigenvalue weighted by Gasteiger charge is 2.26. The topological polar surface area (TPSA) is 54.5 Å². The second-order valence-corrected chi connectivity index (χ2v) is 7.15. The minimum atomic E-state index is 0.471. The van der Waals surface area contributed by atoms with Gasteiger partial charge in [0.2, 0.25) is 10.1 Å². The molecule has 0 bridgehead atoms. The van der Waals surface area contributed by atoms with Crippen LogP contribution in [0.4, 0.5) is 5.13 Å². The third kappa shape index (κ3) is 2.72. The lowest BCUT2D eigenvalue weighted by molar-refractivity contribution is 0.175. The number of aryl methyl sites for hydroxylation is 2. The van der Waals surface area contributed by atoms with Gasteiger partial charge < -0.3 is 9.47 Å². The predicted molar refractivity (Wildman–Crippen MR) is 90.9 cm³/mol. The second-order valence-electron chi connectivity index (χ2n) is 6.21. The lowest BCUT2D eigenvalue weighted by Crippen LogP contribution is -2.51. The van der Waals surface area contributed by atoms with Crippen LogP contribution in [0.15, 0.2) is 18.6 Å². The van der Waals surface area contributed by atoms with Gasteiger partial charge in [-0.1, -0.05) is 11.3 Å². The molecule has 7 nitrogen and oxygen atoms in total. The highest BCUT2D eigenvalue weighted by atomic mass is 32.1. The van der Waals surface area contributed by atoms with Crippen molar-refractivity contribution in [2.75, 3.05) is 24.5 Å². The molecule has 3 aromatic heterocycles. The Morgan fingerprint density at radius 3 is 2.91 bits per heavy atom. The van der Waals surface area contributed by atoms with Gasteiger partial charge in [0.1, 0.15) is 5.82 Å². The highest BCUT2D eigenvalue weighted by Crippen LogP contribution is 2.25. The maximum Gasteiger partial charge on any atom is 0.214 e. The molecule has 23 heavy (non-hydrogen) atoms. The molecule has 0 radical (unpaired) electrons. The van der Waals surface area contributed by atoms with E-state index in [4.69, 9.17) is 0 Å². The Balaban J connectivity index is 1.46. The molecule has 1 atom stereocenters. The quantitative estimate of drug-likeness (QED) is 0.729. The van der Waals surface area contributed by atoms with E-state index in [1.165, 1.54) is 0 Å². The van der Waals surface area contributed by atoms with Crippen molar-refractivity contribution in [3.8, 4) is 0 Å². The molecule has 1 saturated heterocycles. The summed E-state index contributed by atoms with van der Waals surface area (Å²) in [6, 6.07) is 0.471. The van der Waals surface area contributed by atoms with Gasteiger partial charge in [0.25, 0.3) is 0 Å². The molecule has 1 aliphatic heterocycles. The fraction of sp³-hybridized carbons (Fsp3) is 0.533. The molecule has 8 heteroatoms. The van der Waals surface area contributed by atoms with E-state index in [1.54, 1.807) is 11.3 Å². The van der Waals surface area contributed by atoms with E-state index >= 15 is 0 Å². The molecule has 3 aromatic rings. The summed E-state index contributed by atoms with van der Waals surface area (Å²) < 4.78 is 3.98. The van der Waals surface area contributed by atoms with Gasteiger partial charge in [-0.05, 0) is 13.8 Å². The van der Waals surface area contributed by atoms with E-state index in [0.29, 0.717) is 6.04 Å². The summed E-state index contributed by atoms with van der Waals surface area (Å²) in [7, 11) is 2.05. The van der Waals surface area contributed by atoms with Crippen LogP contribution in [0.2, 0.25) is 0 Å². The van der Waals surface area contributed by atoms with Crippen LogP contribution in [0, 0.1) is 6.92 Å². The average molecular weight is 331 g/mol. The highest BCUT2D eigenvalue weighted by molar-refractivity contribution is 7.20. The van der Waals surface area contributed by atoms with Crippen LogP contribution < -0.4 is 4.90 Å². The molecule has 0 unspecified atom stereocenters. The van der Waals surface area contributed by atoms with Crippen LogP contribution in [0.5, 0.6) is 0 Å². The number of hydrogen-bond donors (Lipinski definition) is 0. The summed E-state index contributed by atoms with van der Waals surface area (Å²) >= 11 is 1.67. The first-order valence-corrected chi connectivity index (χ1v) is 8.70. The molecule has 0 N–H and O–H groups in total. The van der Waals surface area contributed by atoms with E-state index in [9.17, 15) is 0 Å². The van der Waals surface area contributed by atoms with E-state index in [-0.39, 0.29) is 0 Å². The number of rotatable bonds is 3. The molecule has 0 saturated carbocycles. The van der Waals surface area contributed by atoms with Crippen molar-refractivity contribution >= 4 is 21.4 Å². The molecule has 1 fully saturated rings. The van der Waals surface area contributed by atoms with Crippen LogP contribution in [0.3, 0.4) is 0 Å². The Labute approximate surface area is 139 Å². The monoisotopic (exact) mass is 331 g/mol. The number of fused-ring (bicyclic) bond motifs is 1. The fourth-order valence-electron chi connectivity index (χ4n) is 3.06. The molecule has 1 aliphatic rings. The maximum atomic E-state index is 4.67. The summed E-state index contributed by atoms with van der Waals surface area (Å²) in [6.45, 7) is 8.18. The standard InChI is InChI=1S/C15H21N7S/c1-11-8-22-14(17-11)23-15(18-22)21-7-6-20(12(2)9-21)10-13-16-4-5-19(13)3/h4-5,8,12H,6-7,9-10H2,1-3H3/t12-/m1/s1. The summed E-state index contributed by atoms with van der Waals surface area (Å²) in [5, 5.41) is 5.74. The van der Waals surface area contributed by atoms with Crippen LogP contribution in [-0.4, -0.2) is 54.7 Å². The third-order valence-corrected chi connectivity index (χ3v) is 5.44. The van der Waals surface area contributed by atoms with E-state index in [0.717, 1.165) is 47.8 Å². The number of imidazole rings is 2. The van der Waals surface area contributed by atoms with Crippen LogP contribution in [0.25, 0.3) is 4.96 Å². The zero-order chi connectivity index (χ0) is 16.0. The van der Waals surface area contributed by atoms with Crippen molar-refractivity contribution in [3.63, 3.8) is 0 Å². The minimum absolute atomic E-state index is 0.471. The number of aromatic nitrogens is 5. The third-order valence-electron chi connectivity index (χ3n) is 4.45. The van der Waals surface area contributed by atoms with Crippen molar-refractivity contribution in [1.82, 2.24) is 29.0 Å². The SMILES string of the molecule is Cc1cn2nc(N3CCN(Cc4nccn4C)[C@H](C)C3)sc2n1. The average Bonchev–Trinajstić information content (AvgIpc) is 3.16. The van der Waals surface area contributed by atoms with Crippen molar-refractivity contribution in [2.45, 2.75) is 26.4 Å². The van der Waals surface area contributed by atoms with E-state index < -0.39 is 0 Å². The van der Waals surface area contributed by atoms with Gasteiger partial charge >= 0.3 is 0 Å². The maximum absolute atomic E-state index is 4.67. The largest absolute Gasteiger partial charge is 0.344 e. The second kappa shape index (κ2) is 5.61. The minimum Gasteiger partial charge on any atom is -0.344 e. The first-order chi connectivity index (χ1) is 11.1. The van der Waals surface area contributed by atoms with Gasteiger partial charge in [-0.3, -0.25) is 4.90 Å². The van der Waals surface area contributed by atoms with E-state index in [2.05, 4.69) is 43.4 Å². The molecular weight excluding hydrogens is 310 g/mol. The summed E-state index contributed by atoms with van der Waals surface area (Å²) in [4.78, 5) is 14.8. The number of nitrogens with zero attached hydrogens (tertiary/aromatic N) is 7. The summed E-state index contributed by atoms with van der Waals surface area (Å²) in [6.07, 6.45) is 5.85. The van der Waals surface area contributed by atoms with Gasteiger partial charge in [0.05, 0.1) is 18.4 Å². The Bertz CT molecular complexity index is 785. The lowest BCUT2D eigenvalue weighted by atomic mass is 10.2. The Kier molecular flexibility index (Phi) is 3.57. The molecule has 4 rings (SSSR count). The zero-order valence-electron chi connectivity index (χ0n) is 13.7. The molecule has 0 aromatic carbocycles. The van der Waals surface area contributed by atoms with Gasteiger partial charge in [-0.2, -0.15) is 0 Å². The zero-order valence-corrected chi connectivity index (χ0v) is 14.5. The normalized spacial score (nSPS) is 19.8. The first-order valence-electron chi connectivity index (χ1n) is 7.88. The molecule has 0 aliphatic carbocycles. The Hall–Kier alpha value is -1.93. The van der Waals surface area contributed by atoms with Crippen molar-refractivity contribution in [1.29, 1.82) is 0 Å². The van der Waals surface area contributed by atoms with Crippen LogP contribution in [-0.2, 0) is 13.6 Å². The number of piperazine rings is 1. The lowest BCUT2D eigenvalue weighted by Gasteiger charge is -2.39. The van der Waals surface area contributed by atoms with Crippen molar-refractivity contribution in [2.24, 2.45) is 7.05 Å². The fourth-order valence-corrected chi connectivity index (χ4v) is 4.02. The van der Waals surface area contributed by atoms with Crippen molar-refractivity contribution < 1.29 is 0 Å². The Morgan fingerprint density at radius 2 is 2.22 bits per heavy atom. The Morgan fingerprint density at radius 1 is 1.35 bits per heavy atom. The van der Waals surface area contributed by atoms with Gasteiger partial charge in [0.15, 0.2) is 0 Å². The molecule has 4 heterocycles. The van der Waals surface area contributed by atoms with Crippen LogP contribution in [0.1, 0.15) is 18.4 Å². The molecule has 122 valence electrons.